The summed E-state index contributed by atoms with van der Waals surface area (Å²) in [5.74, 6) is -1.51. The van der Waals surface area contributed by atoms with E-state index in [9.17, 15) is 13.9 Å². The Morgan fingerprint density at radius 2 is 1.92 bits per heavy atom. The van der Waals surface area contributed by atoms with Crippen LogP contribution in [0.5, 0.6) is 0 Å². The fraction of sp³-hybridized carbons (Fsp3) is 0.235. The van der Waals surface area contributed by atoms with Gasteiger partial charge in [0.25, 0.3) is 0 Å². The third-order valence-corrected chi connectivity index (χ3v) is 3.82. The van der Waals surface area contributed by atoms with Gasteiger partial charge in [-0.25, -0.2) is 18.4 Å². The number of nitrogens with zero attached hydrogens (tertiary/aromatic N) is 4. The Labute approximate surface area is 143 Å². The van der Waals surface area contributed by atoms with Crippen molar-refractivity contribution in [3.8, 4) is 0 Å². The molecule has 130 valence electrons. The van der Waals surface area contributed by atoms with Gasteiger partial charge < -0.3 is 10.4 Å². The molecule has 3 rings (SSSR count). The normalized spacial score (nSPS) is 13.6. The monoisotopic (exact) mass is 345 g/mol. The number of nitrogens with one attached hydrogen (secondary N) is 1. The number of halogens is 2. The van der Waals surface area contributed by atoms with Crippen LogP contribution in [0.2, 0.25) is 0 Å². The van der Waals surface area contributed by atoms with Crippen LogP contribution in [0.1, 0.15) is 11.1 Å². The molecule has 25 heavy (non-hydrogen) atoms. The molecule has 1 unspecified atom stereocenters. The first-order valence-electron chi connectivity index (χ1n) is 7.67. The minimum absolute atomic E-state index is 0.00775. The molecule has 0 bridgehead atoms. The largest absolute Gasteiger partial charge is 0.382 e. The number of hydrogen-bond acceptors (Lipinski definition) is 5. The number of pyridine rings is 1. The molecule has 0 aliphatic heterocycles. The Balaban J connectivity index is 1.81. The molecule has 2 aromatic heterocycles. The molecule has 0 aliphatic rings. The van der Waals surface area contributed by atoms with Crippen molar-refractivity contribution in [2.75, 3.05) is 6.54 Å². The topological polar surface area (TPSA) is 75.9 Å². The second-order valence-electron chi connectivity index (χ2n) is 5.71. The van der Waals surface area contributed by atoms with Crippen LogP contribution in [0.3, 0.4) is 0 Å². The van der Waals surface area contributed by atoms with E-state index in [4.69, 9.17) is 0 Å². The van der Waals surface area contributed by atoms with Crippen molar-refractivity contribution in [1.82, 2.24) is 25.1 Å². The van der Waals surface area contributed by atoms with Gasteiger partial charge in [-0.3, -0.25) is 4.98 Å². The van der Waals surface area contributed by atoms with Gasteiger partial charge in [-0.1, -0.05) is 6.07 Å². The molecule has 6 nitrogen and oxygen atoms in total. The molecule has 2 N–H and O–H groups in total. The second-order valence-corrected chi connectivity index (χ2v) is 5.71. The number of aliphatic hydroxyl groups is 1. The molecule has 0 saturated carbocycles. The molecular formula is C17H17F2N5O. The lowest BCUT2D eigenvalue weighted by atomic mass is 9.92. The molecule has 0 aliphatic carbocycles. The van der Waals surface area contributed by atoms with Gasteiger partial charge in [0.05, 0.1) is 6.54 Å². The van der Waals surface area contributed by atoms with Crippen LogP contribution in [0, 0.1) is 11.6 Å². The van der Waals surface area contributed by atoms with Gasteiger partial charge in [0.15, 0.2) is 0 Å². The van der Waals surface area contributed by atoms with E-state index in [1.54, 1.807) is 12.4 Å². The lowest BCUT2D eigenvalue weighted by Crippen LogP contribution is -2.42. The number of rotatable bonds is 7. The highest BCUT2D eigenvalue weighted by atomic mass is 19.1. The number of aromatic nitrogens is 4. The molecular weight excluding hydrogens is 328 g/mol. The predicted octanol–water partition coefficient (Wildman–Crippen LogP) is 1.63. The highest BCUT2D eigenvalue weighted by Gasteiger charge is 2.33. The van der Waals surface area contributed by atoms with Crippen LogP contribution in [0.4, 0.5) is 8.78 Å². The third-order valence-electron chi connectivity index (χ3n) is 3.82. The molecule has 3 aromatic rings. The third kappa shape index (κ3) is 4.23. The zero-order chi connectivity index (χ0) is 17.7. The minimum atomic E-state index is -1.63. The van der Waals surface area contributed by atoms with Crippen LogP contribution in [0.25, 0.3) is 0 Å². The Bertz CT molecular complexity index is 813. The van der Waals surface area contributed by atoms with Crippen molar-refractivity contribution in [3.05, 3.63) is 78.1 Å². The first kappa shape index (κ1) is 17.1. The summed E-state index contributed by atoms with van der Waals surface area (Å²) in [6.45, 7) is 0.474. The van der Waals surface area contributed by atoms with Crippen molar-refractivity contribution in [2.24, 2.45) is 0 Å². The Kier molecular flexibility index (Phi) is 5.11. The average Bonchev–Trinajstić information content (AvgIpc) is 3.08. The molecule has 2 heterocycles. The second kappa shape index (κ2) is 7.45. The molecule has 0 saturated heterocycles. The van der Waals surface area contributed by atoms with Gasteiger partial charge in [0, 0.05) is 37.1 Å². The summed E-state index contributed by atoms with van der Waals surface area (Å²) in [6.07, 6.45) is 6.08. The van der Waals surface area contributed by atoms with Crippen molar-refractivity contribution in [1.29, 1.82) is 0 Å². The molecule has 1 atom stereocenters. The number of hydrogen-bond donors (Lipinski definition) is 2. The fourth-order valence-corrected chi connectivity index (χ4v) is 2.60. The quantitative estimate of drug-likeness (QED) is 0.681. The number of benzene rings is 1. The molecule has 0 radical (unpaired) electrons. The minimum Gasteiger partial charge on any atom is -0.382 e. The van der Waals surface area contributed by atoms with Crippen molar-refractivity contribution in [2.45, 2.75) is 18.7 Å². The fourth-order valence-electron chi connectivity index (χ4n) is 2.60. The van der Waals surface area contributed by atoms with Gasteiger partial charge in [-0.15, -0.1) is 0 Å². The molecule has 8 heteroatoms. The van der Waals surface area contributed by atoms with Crippen LogP contribution < -0.4 is 5.32 Å². The van der Waals surface area contributed by atoms with Crippen LogP contribution >= 0.6 is 0 Å². The summed E-state index contributed by atoms with van der Waals surface area (Å²) in [4.78, 5) is 7.76. The van der Waals surface area contributed by atoms with Gasteiger partial charge >= 0.3 is 0 Å². The van der Waals surface area contributed by atoms with E-state index >= 15 is 0 Å². The zero-order valence-electron chi connectivity index (χ0n) is 13.3. The summed E-state index contributed by atoms with van der Waals surface area (Å²) in [7, 11) is 0. The summed E-state index contributed by atoms with van der Waals surface area (Å²) in [5.41, 5.74) is -0.664. The summed E-state index contributed by atoms with van der Waals surface area (Å²) in [5, 5.41) is 18.1. The Morgan fingerprint density at radius 3 is 2.60 bits per heavy atom. The molecule has 0 amide bonds. The maximum atomic E-state index is 14.2. The lowest BCUT2D eigenvalue weighted by molar-refractivity contribution is 0.0117. The van der Waals surface area contributed by atoms with E-state index < -0.39 is 17.2 Å². The first-order chi connectivity index (χ1) is 12.1. The zero-order valence-corrected chi connectivity index (χ0v) is 13.3. The highest BCUT2D eigenvalue weighted by Crippen LogP contribution is 2.26. The summed E-state index contributed by atoms with van der Waals surface area (Å²) in [6, 6.07) is 6.79. The predicted molar refractivity (Wildman–Crippen MR) is 86.2 cm³/mol. The van der Waals surface area contributed by atoms with E-state index in [0.29, 0.717) is 6.54 Å². The van der Waals surface area contributed by atoms with E-state index in [-0.39, 0.29) is 18.7 Å². The standard InChI is InChI=1S/C17H17F2N5O/c18-14-1-2-15(16(19)7-14)17(25,10-24-12-22-11-23-24)9-21-8-13-3-5-20-6-4-13/h1-7,11-12,21,25H,8-10H2. The molecule has 1 aromatic carbocycles. The summed E-state index contributed by atoms with van der Waals surface area (Å²) >= 11 is 0. The smallest absolute Gasteiger partial charge is 0.137 e. The Hall–Kier alpha value is -2.71. The lowest BCUT2D eigenvalue weighted by Gasteiger charge is -2.29. The van der Waals surface area contributed by atoms with Gasteiger partial charge in [-0.05, 0) is 23.8 Å². The molecule has 0 fully saturated rings. The van der Waals surface area contributed by atoms with Crippen LogP contribution in [-0.4, -0.2) is 31.4 Å². The van der Waals surface area contributed by atoms with E-state index in [2.05, 4.69) is 20.4 Å². The van der Waals surface area contributed by atoms with Gasteiger partial charge in [-0.2, -0.15) is 5.10 Å². The highest BCUT2D eigenvalue weighted by molar-refractivity contribution is 5.25. The molecule has 0 spiro atoms. The van der Waals surface area contributed by atoms with E-state index in [0.717, 1.165) is 17.7 Å². The van der Waals surface area contributed by atoms with E-state index in [1.807, 2.05) is 12.1 Å². The average molecular weight is 345 g/mol. The van der Waals surface area contributed by atoms with Crippen molar-refractivity contribution >= 4 is 0 Å². The van der Waals surface area contributed by atoms with Gasteiger partial charge in [0.2, 0.25) is 0 Å². The van der Waals surface area contributed by atoms with E-state index in [1.165, 1.54) is 23.4 Å². The van der Waals surface area contributed by atoms with Crippen LogP contribution in [0.15, 0.2) is 55.4 Å². The maximum Gasteiger partial charge on any atom is 0.137 e. The van der Waals surface area contributed by atoms with Crippen molar-refractivity contribution in [3.63, 3.8) is 0 Å². The first-order valence-corrected chi connectivity index (χ1v) is 7.67. The summed E-state index contributed by atoms with van der Waals surface area (Å²) < 4.78 is 28.9. The van der Waals surface area contributed by atoms with Crippen LogP contribution in [-0.2, 0) is 18.7 Å². The SMILES string of the molecule is OC(CNCc1ccncc1)(Cn1cncn1)c1ccc(F)cc1F. The maximum absolute atomic E-state index is 14.2. The van der Waals surface area contributed by atoms with Gasteiger partial charge in [0.1, 0.15) is 29.9 Å². The Morgan fingerprint density at radius 1 is 1.12 bits per heavy atom. The van der Waals surface area contributed by atoms with Crippen molar-refractivity contribution < 1.29 is 13.9 Å².